The lowest BCUT2D eigenvalue weighted by Crippen LogP contribution is -2.28. The van der Waals surface area contributed by atoms with Crippen LogP contribution in [0.1, 0.15) is 13.8 Å². The number of ether oxygens (including phenoxy) is 1. The highest BCUT2D eigenvalue weighted by Crippen LogP contribution is 2.35. The third-order valence-electron chi connectivity index (χ3n) is 2.61. The van der Waals surface area contributed by atoms with Crippen molar-refractivity contribution in [1.82, 2.24) is 9.78 Å². The molecule has 2 aromatic heterocycles. The molecule has 2 heterocycles. The van der Waals surface area contributed by atoms with Crippen LogP contribution in [0.3, 0.4) is 0 Å². The standard InChI is InChI=1S/C12H13FN2O2S/c1-12(2,7-16)15-6-9(17-3)10(14-15)11-8(13)4-5-18-11/h4-7H,1-3H3. The smallest absolute Gasteiger partial charge is 0.165 e. The summed E-state index contributed by atoms with van der Waals surface area (Å²) >= 11 is 1.24. The quantitative estimate of drug-likeness (QED) is 0.801. The third-order valence-corrected chi connectivity index (χ3v) is 3.51. The predicted octanol–water partition coefficient (Wildman–Crippen LogP) is 2.69. The van der Waals surface area contributed by atoms with E-state index in [4.69, 9.17) is 4.74 Å². The summed E-state index contributed by atoms with van der Waals surface area (Å²) < 4.78 is 20.2. The minimum atomic E-state index is -0.792. The Bertz CT molecular complexity index is 574. The molecule has 18 heavy (non-hydrogen) atoms. The van der Waals surface area contributed by atoms with E-state index in [0.29, 0.717) is 16.3 Å². The van der Waals surface area contributed by atoms with Crippen molar-refractivity contribution in [2.75, 3.05) is 7.11 Å². The van der Waals surface area contributed by atoms with E-state index in [1.54, 1.807) is 25.4 Å². The number of halogens is 1. The monoisotopic (exact) mass is 268 g/mol. The molecule has 0 fully saturated rings. The molecule has 6 heteroatoms. The van der Waals surface area contributed by atoms with Crippen LogP contribution in [-0.2, 0) is 10.3 Å². The van der Waals surface area contributed by atoms with E-state index in [2.05, 4.69) is 5.10 Å². The van der Waals surface area contributed by atoms with Crippen LogP contribution < -0.4 is 4.74 Å². The van der Waals surface area contributed by atoms with Crippen LogP contribution >= 0.6 is 11.3 Å². The average molecular weight is 268 g/mol. The van der Waals surface area contributed by atoms with Gasteiger partial charge in [-0.25, -0.2) is 4.39 Å². The summed E-state index contributed by atoms with van der Waals surface area (Å²) in [4.78, 5) is 11.4. The van der Waals surface area contributed by atoms with Crippen LogP contribution in [-0.4, -0.2) is 23.2 Å². The Morgan fingerprint density at radius 3 is 2.78 bits per heavy atom. The van der Waals surface area contributed by atoms with E-state index in [-0.39, 0.29) is 5.82 Å². The fourth-order valence-corrected chi connectivity index (χ4v) is 2.23. The van der Waals surface area contributed by atoms with Gasteiger partial charge in [-0.2, -0.15) is 5.10 Å². The van der Waals surface area contributed by atoms with Crippen molar-refractivity contribution < 1.29 is 13.9 Å². The molecule has 2 aromatic rings. The molecule has 0 amide bonds. The summed E-state index contributed by atoms with van der Waals surface area (Å²) in [6.45, 7) is 3.45. The van der Waals surface area contributed by atoms with Crippen molar-refractivity contribution in [1.29, 1.82) is 0 Å². The lowest BCUT2D eigenvalue weighted by molar-refractivity contribution is -0.114. The molecule has 0 saturated carbocycles. The number of thiophene rings is 1. The van der Waals surface area contributed by atoms with Gasteiger partial charge in [-0.15, -0.1) is 11.3 Å². The molecule has 0 N–H and O–H groups in total. The second kappa shape index (κ2) is 4.53. The molecule has 0 aliphatic carbocycles. The molecule has 96 valence electrons. The number of carbonyl (C=O) groups excluding carboxylic acids is 1. The number of nitrogens with zero attached hydrogens (tertiary/aromatic N) is 2. The van der Waals surface area contributed by atoms with Crippen molar-refractivity contribution in [3.63, 3.8) is 0 Å². The van der Waals surface area contributed by atoms with Crippen LogP contribution in [0.5, 0.6) is 5.75 Å². The van der Waals surface area contributed by atoms with Crippen molar-refractivity contribution in [2.24, 2.45) is 0 Å². The minimum Gasteiger partial charge on any atom is -0.493 e. The van der Waals surface area contributed by atoms with Crippen LogP contribution in [0.15, 0.2) is 17.6 Å². The van der Waals surface area contributed by atoms with E-state index >= 15 is 0 Å². The Labute approximate surface area is 108 Å². The predicted molar refractivity (Wildman–Crippen MR) is 67.4 cm³/mol. The lowest BCUT2D eigenvalue weighted by atomic mass is 10.1. The van der Waals surface area contributed by atoms with Gasteiger partial charge in [0.1, 0.15) is 23.3 Å². The summed E-state index contributed by atoms with van der Waals surface area (Å²) in [6.07, 6.45) is 2.39. The molecule has 0 aliphatic heterocycles. The van der Waals surface area contributed by atoms with Gasteiger partial charge >= 0.3 is 0 Å². The molecular weight excluding hydrogens is 255 g/mol. The highest BCUT2D eigenvalue weighted by molar-refractivity contribution is 7.13. The molecule has 0 spiro atoms. The van der Waals surface area contributed by atoms with Gasteiger partial charge in [0.25, 0.3) is 0 Å². The first-order chi connectivity index (χ1) is 8.49. The third kappa shape index (κ3) is 2.03. The molecule has 4 nitrogen and oxygen atoms in total. The van der Waals surface area contributed by atoms with Gasteiger partial charge in [-0.05, 0) is 25.3 Å². The Morgan fingerprint density at radius 1 is 1.56 bits per heavy atom. The van der Waals surface area contributed by atoms with E-state index < -0.39 is 5.54 Å². The minimum absolute atomic E-state index is 0.340. The highest BCUT2D eigenvalue weighted by atomic mass is 32.1. The summed E-state index contributed by atoms with van der Waals surface area (Å²) in [5.41, 5.74) is -0.376. The Morgan fingerprint density at radius 2 is 2.28 bits per heavy atom. The SMILES string of the molecule is COc1cn(C(C)(C)C=O)nc1-c1sccc1F. The number of methoxy groups -OCH3 is 1. The summed E-state index contributed by atoms with van der Waals surface area (Å²) in [6, 6.07) is 1.38. The lowest BCUT2D eigenvalue weighted by Gasteiger charge is -2.16. The molecule has 0 unspecified atom stereocenters. The number of hydrogen-bond donors (Lipinski definition) is 0. The molecule has 0 bridgehead atoms. The number of aldehydes is 1. The second-order valence-corrected chi connectivity index (χ2v) is 5.28. The first-order valence-corrected chi connectivity index (χ1v) is 6.21. The van der Waals surface area contributed by atoms with E-state index in [0.717, 1.165) is 6.29 Å². The number of rotatable bonds is 4. The van der Waals surface area contributed by atoms with E-state index in [1.165, 1.54) is 29.2 Å². The zero-order valence-corrected chi connectivity index (χ0v) is 11.1. The van der Waals surface area contributed by atoms with E-state index in [9.17, 15) is 9.18 Å². The van der Waals surface area contributed by atoms with Gasteiger partial charge in [-0.1, -0.05) is 0 Å². The molecular formula is C12H13FN2O2S. The van der Waals surface area contributed by atoms with Crippen LogP contribution in [0, 0.1) is 5.82 Å². The molecule has 0 saturated heterocycles. The van der Waals surface area contributed by atoms with Gasteiger partial charge in [0.15, 0.2) is 5.75 Å². The Hall–Kier alpha value is -1.69. The van der Waals surface area contributed by atoms with Crippen LogP contribution in [0.25, 0.3) is 10.6 Å². The largest absolute Gasteiger partial charge is 0.493 e. The van der Waals surface area contributed by atoms with Gasteiger partial charge in [0.05, 0.1) is 18.2 Å². The van der Waals surface area contributed by atoms with Crippen LogP contribution in [0.4, 0.5) is 4.39 Å². The fraction of sp³-hybridized carbons (Fsp3) is 0.333. The maximum Gasteiger partial charge on any atom is 0.165 e. The zero-order valence-electron chi connectivity index (χ0n) is 10.3. The normalized spacial score (nSPS) is 11.6. The van der Waals surface area contributed by atoms with Gasteiger partial charge in [0, 0.05) is 0 Å². The Balaban J connectivity index is 2.56. The topological polar surface area (TPSA) is 44.1 Å². The van der Waals surface area contributed by atoms with Gasteiger partial charge in [0.2, 0.25) is 0 Å². The molecule has 2 rings (SSSR count). The summed E-state index contributed by atoms with van der Waals surface area (Å²) in [7, 11) is 1.49. The molecule has 0 radical (unpaired) electrons. The van der Waals surface area contributed by atoms with Crippen LogP contribution in [0.2, 0.25) is 0 Å². The van der Waals surface area contributed by atoms with Gasteiger partial charge in [-0.3, -0.25) is 4.68 Å². The average Bonchev–Trinajstić information content (AvgIpc) is 2.94. The zero-order chi connectivity index (χ0) is 13.3. The van der Waals surface area contributed by atoms with E-state index in [1.807, 2.05) is 0 Å². The van der Waals surface area contributed by atoms with Crippen molar-refractivity contribution in [3.05, 3.63) is 23.5 Å². The summed E-state index contributed by atoms with van der Waals surface area (Å²) in [5.74, 6) is 0.110. The molecule has 0 atom stereocenters. The number of carbonyl (C=O) groups is 1. The van der Waals surface area contributed by atoms with Crippen molar-refractivity contribution in [3.8, 4) is 16.3 Å². The highest BCUT2D eigenvalue weighted by Gasteiger charge is 2.25. The maximum absolute atomic E-state index is 13.6. The van der Waals surface area contributed by atoms with Gasteiger partial charge < -0.3 is 9.53 Å². The summed E-state index contributed by atoms with van der Waals surface area (Å²) in [5, 5.41) is 5.90. The number of aromatic nitrogens is 2. The maximum atomic E-state index is 13.6. The first-order valence-electron chi connectivity index (χ1n) is 5.33. The van der Waals surface area contributed by atoms with Crippen molar-refractivity contribution >= 4 is 17.6 Å². The second-order valence-electron chi connectivity index (χ2n) is 4.36. The molecule has 0 aromatic carbocycles. The Kier molecular flexibility index (Phi) is 3.21. The number of hydrogen-bond acceptors (Lipinski definition) is 4. The first kappa shape index (κ1) is 12.8. The molecule has 0 aliphatic rings. The fourth-order valence-electron chi connectivity index (χ4n) is 1.48. The van der Waals surface area contributed by atoms with Crippen molar-refractivity contribution in [2.45, 2.75) is 19.4 Å².